The highest BCUT2D eigenvalue weighted by Gasteiger charge is 2.18. The number of nitrogens with zero attached hydrogens (tertiary/aromatic N) is 1. The maximum atomic E-state index is 9.44. The number of phenolic OH excluding ortho intramolecular Hbond substituents is 1. The lowest BCUT2D eigenvalue weighted by Gasteiger charge is -2.12. The molecular formula is C14H19ClN2O. The highest BCUT2D eigenvalue weighted by Crippen LogP contribution is 2.34. The first kappa shape index (κ1) is 13.2. The topological polar surface area (TPSA) is 48.9 Å². The number of halogens is 1. The average Bonchev–Trinajstić information content (AvgIpc) is 2.57. The minimum Gasteiger partial charge on any atom is -0.508 e. The minimum absolute atomic E-state index is 0. The van der Waals surface area contributed by atoms with Crippen LogP contribution in [-0.4, -0.2) is 15.3 Å². The number of hydrogen-bond donors (Lipinski definition) is 2. The predicted molar refractivity (Wildman–Crippen MR) is 75.4 cm³/mol. The van der Waals surface area contributed by atoms with Gasteiger partial charge in [-0.15, -0.1) is 12.4 Å². The molecule has 2 N–H and O–H groups in total. The molecule has 0 aliphatic heterocycles. The summed E-state index contributed by atoms with van der Waals surface area (Å²) < 4.78 is 0. The molecule has 0 atom stereocenters. The van der Waals surface area contributed by atoms with Gasteiger partial charge in [0, 0.05) is 23.1 Å². The molecule has 0 amide bonds. The fourth-order valence-electron chi connectivity index (χ4n) is 2.90. The first-order valence-corrected chi connectivity index (χ1v) is 6.51. The van der Waals surface area contributed by atoms with Crippen LogP contribution in [-0.2, 0) is 0 Å². The number of aromatic nitrogens is 2. The van der Waals surface area contributed by atoms with Crippen molar-refractivity contribution in [1.82, 2.24) is 10.2 Å². The van der Waals surface area contributed by atoms with E-state index in [1.165, 1.54) is 49.6 Å². The van der Waals surface area contributed by atoms with Crippen LogP contribution in [0.3, 0.4) is 0 Å². The molecule has 0 radical (unpaired) electrons. The number of fused-ring (bicyclic) bond motifs is 1. The van der Waals surface area contributed by atoms with Crippen LogP contribution in [0.15, 0.2) is 18.2 Å². The Morgan fingerprint density at radius 3 is 2.56 bits per heavy atom. The first-order chi connectivity index (χ1) is 8.34. The van der Waals surface area contributed by atoms with Gasteiger partial charge in [-0.05, 0) is 25.0 Å². The number of phenols is 1. The Bertz CT molecular complexity index is 515. The summed E-state index contributed by atoms with van der Waals surface area (Å²) in [4.78, 5) is 0. The molecule has 0 spiro atoms. The molecule has 4 heteroatoms. The Morgan fingerprint density at radius 2 is 1.83 bits per heavy atom. The van der Waals surface area contributed by atoms with Crippen LogP contribution >= 0.6 is 12.4 Å². The number of benzene rings is 1. The highest BCUT2D eigenvalue weighted by molar-refractivity contribution is 5.85. The number of nitrogens with one attached hydrogen (secondary N) is 1. The van der Waals surface area contributed by atoms with E-state index in [1.54, 1.807) is 12.1 Å². The van der Waals surface area contributed by atoms with Crippen molar-refractivity contribution in [3.8, 4) is 5.75 Å². The Labute approximate surface area is 113 Å². The third-order valence-electron chi connectivity index (χ3n) is 3.83. The second kappa shape index (κ2) is 5.61. The molecular weight excluding hydrogens is 248 g/mol. The molecule has 0 saturated heterocycles. The summed E-state index contributed by atoms with van der Waals surface area (Å²) in [6, 6.07) is 5.46. The second-order valence-corrected chi connectivity index (χ2v) is 5.03. The summed E-state index contributed by atoms with van der Waals surface area (Å²) in [5.74, 6) is 0.906. The maximum absolute atomic E-state index is 9.44. The summed E-state index contributed by atoms with van der Waals surface area (Å²) in [6.07, 6.45) is 7.90. The molecule has 0 bridgehead atoms. The van der Waals surface area contributed by atoms with Crippen molar-refractivity contribution in [3.05, 3.63) is 23.9 Å². The van der Waals surface area contributed by atoms with Gasteiger partial charge in [0.2, 0.25) is 0 Å². The van der Waals surface area contributed by atoms with Gasteiger partial charge >= 0.3 is 0 Å². The summed E-state index contributed by atoms with van der Waals surface area (Å²) in [6.45, 7) is 0. The monoisotopic (exact) mass is 266 g/mol. The van der Waals surface area contributed by atoms with Crippen LogP contribution in [0.1, 0.15) is 50.1 Å². The Hall–Kier alpha value is -1.22. The zero-order valence-electron chi connectivity index (χ0n) is 10.4. The smallest absolute Gasteiger partial charge is 0.117 e. The molecule has 3 nitrogen and oxygen atoms in total. The molecule has 1 aromatic carbocycles. The fourth-order valence-corrected chi connectivity index (χ4v) is 2.90. The SMILES string of the molecule is Cl.Oc1ccc2c(C3CCCCCC3)[nH]nc2c1. The summed E-state index contributed by atoms with van der Waals surface area (Å²) >= 11 is 0. The zero-order valence-corrected chi connectivity index (χ0v) is 11.2. The largest absolute Gasteiger partial charge is 0.508 e. The lowest BCUT2D eigenvalue weighted by atomic mass is 9.94. The van der Waals surface area contributed by atoms with Crippen LogP contribution in [0.5, 0.6) is 5.75 Å². The van der Waals surface area contributed by atoms with Gasteiger partial charge in [0.15, 0.2) is 0 Å². The molecule has 0 unspecified atom stereocenters. The van der Waals surface area contributed by atoms with Crippen LogP contribution in [0, 0.1) is 0 Å². The number of hydrogen-bond acceptors (Lipinski definition) is 2. The van der Waals surface area contributed by atoms with Crippen LogP contribution in [0.2, 0.25) is 0 Å². The minimum atomic E-state index is 0. The lowest BCUT2D eigenvalue weighted by Crippen LogP contribution is -1.98. The van der Waals surface area contributed by atoms with Gasteiger partial charge < -0.3 is 5.11 Å². The van der Waals surface area contributed by atoms with Crippen molar-refractivity contribution in [2.75, 3.05) is 0 Å². The lowest BCUT2D eigenvalue weighted by molar-refractivity contribution is 0.476. The van der Waals surface area contributed by atoms with Gasteiger partial charge in [0.1, 0.15) is 5.75 Å². The van der Waals surface area contributed by atoms with Crippen LogP contribution in [0.4, 0.5) is 0 Å². The van der Waals surface area contributed by atoms with E-state index in [1.807, 2.05) is 6.07 Å². The van der Waals surface area contributed by atoms with Crippen molar-refractivity contribution in [1.29, 1.82) is 0 Å². The predicted octanol–water partition coefficient (Wildman–Crippen LogP) is 4.13. The third-order valence-corrected chi connectivity index (χ3v) is 3.83. The number of aromatic amines is 1. The first-order valence-electron chi connectivity index (χ1n) is 6.51. The van der Waals surface area contributed by atoms with Crippen molar-refractivity contribution in [2.45, 2.75) is 44.4 Å². The average molecular weight is 267 g/mol. The molecule has 1 aliphatic rings. The van der Waals surface area contributed by atoms with Gasteiger partial charge in [-0.25, -0.2) is 0 Å². The van der Waals surface area contributed by atoms with Crippen molar-refractivity contribution in [3.63, 3.8) is 0 Å². The van der Waals surface area contributed by atoms with E-state index < -0.39 is 0 Å². The van der Waals surface area contributed by atoms with Gasteiger partial charge in [-0.2, -0.15) is 5.10 Å². The van der Waals surface area contributed by atoms with E-state index in [-0.39, 0.29) is 18.2 Å². The van der Waals surface area contributed by atoms with E-state index in [0.29, 0.717) is 5.92 Å². The van der Waals surface area contributed by atoms with Gasteiger partial charge in [-0.3, -0.25) is 5.10 Å². The Kier molecular flexibility index (Phi) is 4.12. The van der Waals surface area contributed by atoms with Crippen molar-refractivity contribution >= 4 is 23.3 Å². The summed E-state index contributed by atoms with van der Waals surface area (Å²) in [5.41, 5.74) is 2.14. The van der Waals surface area contributed by atoms with E-state index in [9.17, 15) is 5.11 Å². The van der Waals surface area contributed by atoms with Crippen LogP contribution in [0.25, 0.3) is 10.9 Å². The van der Waals surface area contributed by atoms with E-state index in [4.69, 9.17) is 0 Å². The Balaban J connectivity index is 0.00000120. The Morgan fingerprint density at radius 1 is 1.11 bits per heavy atom. The third kappa shape index (κ3) is 2.46. The molecule has 1 heterocycles. The van der Waals surface area contributed by atoms with Crippen LogP contribution < -0.4 is 0 Å². The molecule has 98 valence electrons. The molecule has 1 aromatic heterocycles. The molecule has 1 fully saturated rings. The number of H-pyrrole nitrogens is 1. The van der Waals surface area contributed by atoms with Gasteiger partial charge in [0.25, 0.3) is 0 Å². The molecule has 3 rings (SSSR count). The van der Waals surface area contributed by atoms with Crippen molar-refractivity contribution in [2.24, 2.45) is 0 Å². The van der Waals surface area contributed by atoms with Gasteiger partial charge in [-0.1, -0.05) is 25.7 Å². The second-order valence-electron chi connectivity index (χ2n) is 5.03. The number of aromatic hydroxyl groups is 1. The van der Waals surface area contributed by atoms with E-state index >= 15 is 0 Å². The zero-order chi connectivity index (χ0) is 11.7. The fraction of sp³-hybridized carbons (Fsp3) is 0.500. The molecule has 1 aliphatic carbocycles. The molecule has 2 aromatic rings. The highest BCUT2D eigenvalue weighted by atomic mass is 35.5. The molecule has 18 heavy (non-hydrogen) atoms. The number of rotatable bonds is 1. The maximum Gasteiger partial charge on any atom is 0.117 e. The summed E-state index contributed by atoms with van der Waals surface area (Å²) in [7, 11) is 0. The van der Waals surface area contributed by atoms with Gasteiger partial charge in [0.05, 0.1) is 5.52 Å². The normalized spacial score (nSPS) is 17.3. The standard InChI is InChI=1S/C14H18N2O.ClH/c17-11-7-8-12-13(9-11)15-16-14(12)10-5-3-1-2-4-6-10;/h7-10,17H,1-6H2,(H,15,16);1H. The molecule has 1 saturated carbocycles. The van der Waals surface area contributed by atoms with Crippen molar-refractivity contribution < 1.29 is 5.11 Å². The van der Waals surface area contributed by atoms with E-state index in [0.717, 1.165) is 5.52 Å². The van der Waals surface area contributed by atoms with E-state index in [2.05, 4.69) is 10.2 Å². The quantitative estimate of drug-likeness (QED) is 0.763. The summed E-state index contributed by atoms with van der Waals surface area (Å²) in [5, 5.41) is 18.1.